The van der Waals surface area contributed by atoms with E-state index < -0.39 is 0 Å². The second-order valence-electron chi connectivity index (χ2n) is 8.01. The van der Waals surface area contributed by atoms with E-state index in [0.717, 1.165) is 55.2 Å². The van der Waals surface area contributed by atoms with Crippen molar-refractivity contribution in [2.24, 2.45) is 0 Å². The molecule has 0 aromatic heterocycles. The fraction of sp³-hybridized carbons (Fsp3) is 0.310. The molecule has 0 atom stereocenters. The number of benzene rings is 3. The Bertz CT molecular complexity index is 1020. The lowest BCUT2D eigenvalue weighted by Gasteiger charge is -2.19. The van der Waals surface area contributed by atoms with Crippen molar-refractivity contribution in [1.29, 1.82) is 0 Å². The first-order valence-corrected chi connectivity index (χ1v) is 11.8. The van der Waals surface area contributed by atoms with E-state index in [9.17, 15) is 5.11 Å². The molecule has 3 aromatic carbocycles. The van der Waals surface area contributed by atoms with Crippen LogP contribution in [0, 0.1) is 0 Å². The van der Waals surface area contributed by atoms with E-state index in [1.807, 2.05) is 24.3 Å². The van der Waals surface area contributed by atoms with Crippen molar-refractivity contribution >= 4 is 16.8 Å². The summed E-state index contributed by atoms with van der Waals surface area (Å²) in [7, 11) is 1.69. The molecule has 33 heavy (non-hydrogen) atoms. The predicted molar refractivity (Wildman–Crippen MR) is 140 cm³/mol. The molecular formula is C29H36N2O2. The van der Waals surface area contributed by atoms with Crippen molar-refractivity contribution in [3.8, 4) is 11.5 Å². The van der Waals surface area contributed by atoms with Gasteiger partial charge in [-0.25, -0.2) is 0 Å². The minimum absolute atomic E-state index is 0.272. The first-order valence-electron chi connectivity index (χ1n) is 11.8. The Balaban J connectivity index is 1.95. The number of phenols is 1. The lowest BCUT2D eigenvalue weighted by Crippen LogP contribution is -2.28. The van der Waals surface area contributed by atoms with Crippen LogP contribution >= 0.6 is 0 Å². The van der Waals surface area contributed by atoms with E-state index in [1.54, 1.807) is 19.2 Å². The topological polar surface area (TPSA) is 44.7 Å². The predicted octanol–water partition coefficient (Wildman–Crippen LogP) is 6.52. The molecule has 0 spiro atoms. The molecule has 2 N–H and O–H groups in total. The Kier molecular flexibility index (Phi) is 8.96. The minimum Gasteiger partial charge on any atom is -0.508 e. The number of rotatable bonds is 11. The second kappa shape index (κ2) is 12.1. The second-order valence-corrected chi connectivity index (χ2v) is 8.01. The fourth-order valence-corrected chi connectivity index (χ4v) is 4.11. The number of anilines is 1. The van der Waals surface area contributed by atoms with Gasteiger partial charge in [0.15, 0.2) is 0 Å². The fourth-order valence-electron chi connectivity index (χ4n) is 4.11. The van der Waals surface area contributed by atoms with Crippen LogP contribution in [0.15, 0.2) is 72.8 Å². The van der Waals surface area contributed by atoms with Crippen molar-refractivity contribution in [3.05, 3.63) is 89.5 Å². The van der Waals surface area contributed by atoms with Gasteiger partial charge in [0.25, 0.3) is 0 Å². The molecule has 0 aliphatic rings. The van der Waals surface area contributed by atoms with Crippen molar-refractivity contribution in [3.63, 3.8) is 0 Å². The number of ether oxygens (including phenoxy) is 1. The number of aromatic hydroxyl groups is 1. The molecule has 4 nitrogen and oxygen atoms in total. The summed E-state index contributed by atoms with van der Waals surface area (Å²) in [5, 5.41) is 13.4. The molecule has 0 fully saturated rings. The maximum atomic E-state index is 9.83. The molecule has 0 heterocycles. The van der Waals surface area contributed by atoms with Crippen LogP contribution in [0.3, 0.4) is 0 Å². The first kappa shape index (κ1) is 24.4. The van der Waals surface area contributed by atoms with Crippen LogP contribution in [-0.4, -0.2) is 43.3 Å². The molecular weight excluding hydrogens is 408 g/mol. The number of phenolic OH excluding ortho intramolecular Hbond substituents is 1. The summed E-state index contributed by atoms with van der Waals surface area (Å²) in [4.78, 5) is 2.41. The van der Waals surface area contributed by atoms with Crippen molar-refractivity contribution in [2.75, 3.05) is 38.6 Å². The Morgan fingerprint density at radius 3 is 1.85 bits per heavy atom. The van der Waals surface area contributed by atoms with Crippen molar-refractivity contribution < 1.29 is 9.84 Å². The SMILES string of the molecule is CCC(=C(c1ccc(O)cc1)c1ccc(NCCN(CC)CC)cc1)c1ccc(OC)cc1. The normalized spacial score (nSPS) is 11.9. The third kappa shape index (κ3) is 6.39. The zero-order chi connectivity index (χ0) is 23.6. The Labute approximate surface area is 198 Å². The maximum Gasteiger partial charge on any atom is 0.118 e. The molecule has 0 aliphatic carbocycles. The molecule has 0 aliphatic heterocycles. The quantitative estimate of drug-likeness (QED) is 0.330. The molecule has 0 unspecified atom stereocenters. The van der Waals surface area contributed by atoms with Crippen LogP contribution in [0.2, 0.25) is 0 Å². The zero-order valence-corrected chi connectivity index (χ0v) is 20.3. The maximum absolute atomic E-state index is 9.83. The molecule has 3 aromatic rings. The lowest BCUT2D eigenvalue weighted by atomic mass is 9.88. The first-order chi connectivity index (χ1) is 16.1. The minimum atomic E-state index is 0.272. The molecule has 0 amide bonds. The number of likely N-dealkylation sites (N-methyl/N-ethyl adjacent to an activating group) is 1. The van der Waals surface area contributed by atoms with Gasteiger partial charge in [-0.1, -0.05) is 57.2 Å². The molecule has 4 heteroatoms. The third-order valence-electron chi connectivity index (χ3n) is 6.07. The van der Waals surface area contributed by atoms with Crippen LogP contribution in [-0.2, 0) is 0 Å². The number of nitrogens with zero attached hydrogens (tertiary/aromatic N) is 1. The van der Waals surface area contributed by atoms with Gasteiger partial charge in [0, 0.05) is 18.8 Å². The molecule has 174 valence electrons. The molecule has 0 radical (unpaired) electrons. The monoisotopic (exact) mass is 444 g/mol. The van der Waals surface area contributed by atoms with Crippen LogP contribution in [0.4, 0.5) is 5.69 Å². The standard InChI is InChI=1S/C29H36N2O2/c1-5-28(22-12-18-27(33-4)19-13-22)29(24-10-16-26(32)17-11-24)23-8-14-25(15-9-23)30-20-21-31(6-2)7-3/h8-19,30,32H,5-7,20-21H2,1-4H3. The van der Waals surface area contributed by atoms with Gasteiger partial charge in [0.05, 0.1) is 7.11 Å². The lowest BCUT2D eigenvalue weighted by molar-refractivity contribution is 0.316. The molecule has 0 bridgehead atoms. The number of methoxy groups -OCH3 is 1. The average Bonchev–Trinajstić information content (AvgIpc) is 2.86. The van der Waals surface area contributed by atoms with E-state index in [0.29, 0.717) is 0 Å². The Morgan fingerprint density at radius 1 is 0.788 bits per heavy atom. The summed E-state index contributed by atoms with van der Waals surface area (Å²) in [5.74, 6) is 1.12. The summed E-state index contributed by atoms with van der Waals surface area (Å²) in [6, 6.07) is 24.4. The van der Waals surface area contributed by atoms with E-state index in [2.05, 4.69) is 67.4 Å². The van der Waals surface area contributed by atoms with E-state index >= 15 is 0 Å². The highest BCUT2D eigenvalue weighted by Crippen LogP contribution is 2.35. The summed E-state index contributed by atoms with van der Waals surface area (Å²) in [6.07, 6.45) is 0.881. The third-order valence-corrected chi connectivity index (χ3v) is 6.07. The van der Waals surface area contributed by atoms with E-state index in [-0.39, 0.29) is 5.75 Å². The highest BCUT2D eigenvalue weighted by Gasteiger charge is 2.13. The van der Waals surface area contributed by atoms with Gasteiger partial charge in [0.1, 0.15) is 11.5 Å². The van der Waals surface area contributed by atoms with Gasteiger partial charge < -0.3 is 20.1 Å². The van der Waals surface area contributed by atoms with Gasteiger partial charge >= 0.3 is 0 Å². The van der Waals surface area contributed by atoms with Crippen LogP contribution in [0.1, 0.15) is 43.9 Å². The number of allylic oxidation sites excluding steroid dienone is 1. The number of hydrogen-bond acceptors (Lipinski definition) is 4. The highest BCUT2D eigenvalue weighted by atomic mass is 16.5. The van der Waals surface area contributed by atoms with E-state index in [1.165, 1.54) is 16.7 Å². The van der Waals surface area contributed by atoms with Gasteiger partial charge in [-0.05, 0) is 83.7 Å². The molecule has 3 rings (SSSR count). The van der Waals surface area contributed by atoms with Crippen molar-refractivity contribution in [2.45, 2.75) is 27.2 Å². The van der Waals surface area contributed by atoms with E-state index in [4.69, 9.17) is 4.74 Å². The average molecular weight is 445 g/mol. The van der Waals surface area contributed by atoms with Crippen LogP contribution < -0.4 is 10.1 Å². The Morgan fingerprint density at radius 2 is 1.33 bits per heavy atom. The largest absolute Gasteiger partial charge is 0.508 e. The smallest absolute Gasteiger partial charge is 0.118 e. The molecule has 0 saturated carbocycles. The van der Waals surface area contributed by atoms with Crippen LogP contribution in [0.25, 0.3) is 11.1 Å². The number of hydrogen-bond donors (Lipinski definition) is 2. The number of nitrogens with one attached hydrogen (secondary N) is 1. The van der Waals surface area contributed by atoms with Crippen molar-refractivity contribution in [1.82, 2.24) is 4.90 Å². The van der Waals surface area contributed by atoms with Crippen LogP contribution in [0.5, 0.6) is 11.5 Å². The Hall–Kier alpha value is -3.24. The van der Waals surface area contributed by atoms with Gasteiger partial charge in [0.2, 0.25) is 0 Å². The summed E-state index contributed by atoms with van der Waals surface area (Å²) >= 11 is 0. The zero-order valence-electron chi connectivity index (χ0n) is 20.3. The van der Waals surface area contributed by atoms with Gasteiger partial charge in [-0.3, -0.25) is 0 Å². The summed E-state index contributed by atoms with van der Waals surface area (Å²) < 4.78 is 5.35. The molecule has 0 saturated heterocycles. The summed E-state index contributed by atoms with van der Waals surface area (Å²) in [6.45, 7) is 10.7. The van der Waals surface area contributed by atoms with Gasteiger partial charge in [-0.2, -0.15) is 0 Å². The van der Waals surface area contributed by atoms with Gasteiger partial charge in [-0.15, -0.1) is 0 Å². The highest BCUT2D eigenvalue weighted by molar-refractivity contribution is 5.98. The summed E-state index contributed by atoms with van der Waals surface area (Å²) in [5.41, 5.74) is 6.97.